The Labute approximate surface area is 99.1 Å². The van der Waals surface area contributed by atoms with E-state index in [9.17, 15) is 0 Å². The highest BCUT2D eigenvalue weighted by atomic mass is 32.3. The summed E-state index contributed by atoms with van der Waals surface area (Å²) in [6.45, 7) is 0. The zero-order chi connectivity index (χ0) is 12.4. The normalized spacial score (nSPS) is 32.5. The van der Waals surface area contributed by atoms with Crippen LogP contribution < -0.4 is 0 Å². The van der Waals surface area contributed by atoms with Crippen molar-refractivity contribution < 1.29 is 23.4 Å². The van der Waals surface area contributed by atoms with Crippen molar-refractivity contribution in [3.05, 3.63) is 0 Å². The lowest BCUT2D eigenvalue weighted by Gasteiger charge is -2.51. The molecule has 5 nitrogen and oxygen atoms in total. The second kappa shape index (κ2) is 5.00. The topological polar surface area (TPSA) is 80.3 Å². The molecule has 2 aliphatic rings. The average molecular weight is 251 g/mol. The SMILES string of the molecule is C[N+]1(C)C2CCCC1CCC2.O=S(=O)([O-])[O-].[H+]. The Kier molecular flexibility index (Phi) is 4.34. The van der Waals surface area contributed by atoms with Crippen molar-refractivity contribution in [1.29, 1.82) is 0 Å². The van der Waals surface area contributed by atoms with Crippen LogP contribution in [0.1, 0.15) is 40.0 Å². The fourth-order valence-corrected chi connectivity index (χ4v) is 3.10. The Balaban J connectivity index is 0.000000373. The fourth-order valence-electron chi connectivity index (χ4n) is 3.10. The van der Waals surface area contributed by atoms with Gasteiger partial charge in [0.05, 0.1) is 26.2 Å². The summed E-state index contributed by atoms with van der Waals surface area (Å²) < 4.78 is 35.4. The lowest BCUT2D eigenvalue weighted by Crippen LogP contribution is -2.60. The fraction of sp³-hybridized carbons (Fsp3) is 1.00. The predicted octanol–water partition coefficient (Wildman–Crippen LogP) is 0.942. The van der Waals surface area contributed by atoms with Crippen LogP contribution in [0.4, 0.5) is 0 Å². The monoisotopic (exact) mass is 251 g/mol. The minimum atomic E-state index is -5.17. The number of quaternary nitrogens is 1. The van der Waals surface area contributed by atoms with Gasteiger partial charge in [-0.25, -0.2) is 0 Å². The molecule has 0 saturated carbocycles. The van der Waals surface area contributed by atoms with Gasteiger partial charge in [0.2, 0.25) is 0 Å². The van der Waals surface area contributed by atoms with Crippen LogP contribution >= 0.6 is 0 Å². The van der Waals surface area contributed by atoms with E-state index in [-0.39, 0.29) is 1.43 Å². The van der Waals surface area contributed by atoms with Gasteiger partial charge >= 0.3 is 1.43 Å². The lowest BCUT2D eigenvalue weighted by molar-refractivity contribution is -0.949. The zero-order valence-corrected chi connectivity index (χ0v) is 10.7. The van der Waals surface area contributed by atoms with Crippen molar-refractivity contribution >= 4 is 10.4 Å². The maximum atomic E-state index is 8.52. The molecule has 0 amide bonds. The standard InChI is InChI=1S/C10H20N.H2O4S/c1-11(2)9-5-3-6-10(11)8-4-7-9;1-5(2,3)4/h9-10H,3-8H2,1-2H3;(H2,1,2,3,4)/q+1;/p-1. The van der Waals surface area contributed by atoms with Gasteiger partial charge in [0.1, 0.15) is 0 Å². The third-order valence-corrected chi connectivity index (χ3v) is 4.03. The number of hydrogen-bond donors (Lipinski definition) is 0. The molecule has 2 bridgehead atoms. The number of piperidine rings is 2. The van der Waals surface area contributed by atoms with Crippen LogP contribution in [0.5, 0.6) is 0 Å². The molecule has 0 aromatic rings. The highest BCUT2D eigenvalue weighted by Gasteiger charge is 2.42. The molecule has 2 aliphatic heterocycles. The van der Waals surface area contributed by atoms with Gasteiger partial charge in [0, 0.05) is 10.4 Å². The van der Waals surface area contributed by atoms with E-state index >= 15 is 0 Å². The average Bonchev–Trinajstić information content (AvgIpc) is 1.96. The summed E-state index contributed by atoms with van der Waals surface area (Å²) >= 11 is 0. The molecule has 2 rings (SSSR count). The van der Waals surface area contributed by atoms with Gasteiger partial charge < -0.3 is 13.6 Å². The zero-order valence-electron chi connectivity index (χ0n) is 10.9. The van der Waals surface area contributed by atoms with Crippen molar-refractivity contribution in [2.45, 2.75) is 50.6 Å². The van der Waals surface area contributed by atoms with Crippen molar-refractivity contribution in [1.82, 2.24) is 0 Å². The second-order valence-electron chi connectivity index (χ2n) is 5.21. The molecule has 0 aromatic carbocycles. The van der Waals surface area contributed by atoms with Crippen LogP contribution in [0.15, 0.2) is 0 Å². The molecule has 0 N–H and O–H groups in total. The number of rotatable bonds is 0. The highest BCUT2D eigenvalue weighted by Crippen LogP contribution is 2.37. The van der Waals surface area contributed by atoms with Crippen molar-refractivity contribution in [3.63, 3.8) is 0 Å². The van der Waals surface area contributed by atoms with Gasteiger partial charge in [0.15, 0.2) is 0 Å². The van der Waals surface area contributed by atoms with E-state index in [2.05, 4.69) is 14.1 Å². The van der Waals surface area contributed by atoms with Crippen molar-refractivity contribution in [2.75, 3.05) is 14.1 Å². The highest BCUT2D eigenvalue weighted by molar-refractivity contribution is 7.79. The molecule has 6 heteroatoms. The molecule has 0 spiro atoms. The third-order valence-electron chi connectivity index (χ3n) is 4.03. The van der Waals surface area contributed by atoms with E-state index in [1.165, 1.54) is 43.0 Å². The first-order valence-corrected chi connectivity index (χ1v) is 7.04. The Bertz CT molecular complexity index is 299. The van der Waals surface area contributed by atoms with Crippen molar-refractivity contribution in [2.24, 2.45) is 0 Å². The Hall–Kier alpha value is -0.170. The largest absolute Gasteiger partial charge is 1.00 e. The Morgan fingerprint density at radius 2 is 1.25 bits per heavy atom. The molecule has 96 valence electrons. The molecule has 2 fully saturated rings. The van der Waals surface area contributed by atoms with E-state index in [0.717, 1.165) is 12.1 Å². The van der Waals surface area contributed by atoms with Gasteiger partial charge in [-0.1, -0.05) is 0 Å². The van der Waals surface area contributed by atoms with E-state index in [1.807, 2.05) is 0 Å². The molecule has 0 aliphatic carbocycles. The number of nitrogens with zero attached hydrogens (tertiary/aromatic N) is 1. The van der Waals surface area contributed by atoms with Crippen LogP contribution in [0.25, 0.3) is 0 Å². The number of hydrogen-bond acceptors (Lipinski definition) is 4. The first kappa shape index (κ1) is 13.9. The van der Waals surface area contributed by atoms with Crippen LogP contribution in [0.3, 0.4) is 0 Å². The summed E-state index contributed by atoms with van der Waals surface area (Å²) in [6, 6.07) is 2.00. The van der Waals surface area contributed by atoms with Gasteiger partial charge in [-0.05, 0) is 38.5 Å². The molecule has 2 heterocycles. The second-order valence-corrected chi connectivity index (χ2v) is 6.02. The summed E-state index contributed by atoms with van der Waals surface area (Å²) in [4.78, 5) is 0. The molecule has 16 heavy (non-hydrogen) atoms. The third kappa shape index (κ3) is 4.01. The molecule has 0 unspecified atom stereocenters. The Morgan fingerprint density at radius 3 is 1.44 bits per heavy atom. The van der Waals surface area contributed by atoms with Gasteiger partial charge in [-0.3, -0.25) is 8.42 Å². The van der Waals surface area contributed by atoms with Crippen LogP contribution in [0, 0.1) is 0 Å². The van der Waals surface area contributed by atoms with E-state index in [1.54, 1.807) is 0 Å². The summed E-state index contributed by atoms with van der Waals surface area (Å²) in [5.74, 6) is 0. The molecular weight excluding hydrogens is 230 g/mol. The minimum Gasteiger partial charge on any atom is -0.759 e. The van der Waals surface area contributed by atoms with Gasteiger partial charge in [-0.15, -0.1) is 0 Å². The summed E-state index contributed by atoms with van der Waals surface area (Å²) in [5, 5.41) is 0. The maximum absolute atomic E-state index is 8.52. The van der Waals surface area contributed by atoms with E-state index in [4.69, 9.17) is 17.5 Å². The summed E-state index contributed by atoms with van der Waals surface area (Å²) in [7, 11) is -0.290. The number of fused-ring (bicyclic) bond motifs is 2. The molecule has 2 saturated heterocycles. The van der Waals surface area contributed by atoms with Gasteiger partial charge in [0.25, 0.3) is 0 Å². The summed E-state index contributed by atoms with van der Waals surface area (Å²) in [5.41, 5.74) is 0. The van der Waals surface area contributed by atoms with Crippen LogP contribution in [-0.2, 0) is 10.4 Å². The van der Waals surface area contributed by atoms with E-state index in [0.29, 0.717) is 0 Å². The quantitative estimate of drug-likeness (QED) is 0.364. The smallest absolute Gasteiger partial charge is 0.759 e. The molecular formula is C10H21NO4S. The summed E-state index contributed by atoms with van der Waals surface area (Å²) in [6.07, 6.45) is 8.95. The first-order valence-electron chi connectivity index (χ1n) is 5.71. The molecule has 0 atom stereocenters. The maximum Gasteiger partial charge on any atom is 1.00 e. The first-order chi connectivity index (χ1) is 7.21. The predicted molar refractivity (Wildman–Crippen MR) is 59.0 cm³/mol. The van der Waals surface area contributed by atoms with Crippen molar-refractivity contribution in [3.8, 4) is 0 Å². The van der Waals surface area contributed by atoms with Gasteiger partial charge in [-0.2, -0.15) is 0 Å². The van der Waals surface area contributed by atoms with Crippen LogP contribution in [-0.4, -0.2) is 48.2 Å². The minimum absolute atomic E-state index is 0. The van der Waals surface area contributed by atoms with Crippen LogP contribution in [0.2, 0.25) is 0 Å². The lowest BCUT2D eigenvalue weighted by atomic mass is 9.83. The molecule has 0 radical (unpaired) electrons. The molecule has 0 aromatic heterocycles. The Morgan fingerprint density at radius 1 is 1.00 bits per heavy atom. The van der Waals surface area contributed by atoms with E-state index < -0.39 is 10.4 Å².